The van der Waals surface area contributed by atoms with Gasteiger partial charge in [-0.25, -0.2) is 0 Å². The Labute approximate surface area is 149 Å². The van der Waals surface area contributed by atoms with Crippen LogP contribution in [0.5, 0.6) is 0 Å². The second-order valence-corrected chi connectivity index (χ2v) is 7.29. The normalized spacial score (nSPS) is 12.4. The minimum absolute atomic E-state index is 0.115. The van der Waals surface area contributed by atoms with Gasteiger partial charge in [0.1, 0.15) is 0 Å². The first kappa shape index (κ1) is 20.5. The molecule has 0 saturated carbocycles. The molecule has 0 aliphatic heterocycles. The lowest BCUT2D eigenvalue weighted by Gasteiger charge is -2.05. The van der Waals surface area contributed by atoms with Gasteiger partial charge >= 0.3 is 0 Å². The minimum Gasteiger partial charge on any atom is -0.188 e. The molecule has 1 aromatic rings. The van der Waals surface area contributed by atoms with Crippen LogP contribution < -0.4 is 4.57 Å². The van der Waals surface area contributed by atoms with E-state index >= 15 is 0 Å². The Morgan fingerprint density at radius 2 is 1.09 bits per heavy atom. The maximum Gasteiger partial charge on any atom is 0.232 e. The van der Waals surface area contributed by atoms with E-state index in [1.54, 1.807) is 0 Å². The number of aromatic nitrogens is 1. The Kier molecular flexibility index (Phi) is 13.4. The Morgan fingerprint density at radius 3 is 1.57 bits per heavy atom. The number of rotatable bonds is 15. The Morgan fingerprint density at radius 1 is 0.652 bits per heavy atom. The second-order valence-electron chi connectivity index (χ2n) is 6.79. The number of pyridine rings is 1. The van der Waals surface area contributed by atoms with Gasteiger partial charge in [0.25, 0.3) is 0 Å². The zero-order chi connectivity index (χ0) is 16.6. The molecule has 0 saturated heterocycles. The number of alkyl halides is 1. The molecule has 1 heterocycles. The molecule has 1 atom stereocenters. The van der Waals surface area contributed by atoms with Gasteiger partial charge in [-0.2, -0.15) is 4.57 Å². The highest BCUT2D eigenvalue weighted by Gasteiger charge is 2.12. The van der Waals surface area contributed by atoms with Gasteiger partial charge in [0, 0.05) is 18.6 Å². The molecule has 1 nitrogen and oxygen atoms in total. The average molecular weight is 339 g/mol. The summed E-state index contributed by atoms with van der Waals surface area (Å²) in [7, 11) is 0. The molecule has 23 heavy (non-hydrogen) atoms. The first-order chi connectivity index (χ1) is 11.3. The molecule has 2 heteroatoms. The van der Waals surface area contributed by atoms with E-state index in [4.69, 9.17) is 11.6 Å². The van der Waals surface area contributed by atoms with Crippen molar-refractivity contribution < 1.29 is 4.57 Å². The van der Waals surface area contributed by atoms with Crippen molar-refractivity contribution in [3.05, 3.63) is 30.6 Å². The fourth-order valence-electron chi connectivity index (χ4n) is 3.08. The van der Waals surface area contributed by atoms with Gasteiger partial charge in [0.05, 0.1) is 0 Å². The van der Waals surface area contributed by atoms with Gasteiger partial charge in [-0.1, -0.05) is 90.0 Å². The van der Waals surface area contributed by atoms with E-state index in [-0.39, 0.29) is 5.50 Å². The van der Waals surface area contributed by atoms with Crippen molar-refractivity contribution in [3.8, 4) is 0 Å². The van der Waals surface area contributed by atoms with Crippen LogP contribution in [0, 0.1) is 0 Å². The van der Waals surface area contributed by atoms with Gasteiger partial charge < -0.3 is 0 Å². The van der Waals surface area contributed by atoms with Gasteiger partial charge in [-0.15, -0.1) is 0 Å². The topological polar surface area (TPSA) is 3.88 Å². The molecule has 0 N–H and O–H groups in total. The van der Waals surface area contributed by atoms with Crippen LogP contribution in [-0.4, -0.2) is 0 Å². The van der Waals surface area contributed by atoms with Crippen molar-refractivity contribution in [2.24, 2.45) is 0 Å². The summed E-state index contributed by atoms with van der Waals surface area (Å²) >= 11 is 6.41. The highest BCUT2D eigenvalue weighted by molar-refractivity contribution is 6.17. The molecule has 0 aliphatic carbocycles. The average Bonchev–Trinajstić information content (AvgIpc) is 2.59. The summed E-state index contributed by atoms with van der Waals surface area (Å²) in [4.78, 5) is 0. The number of unbranched alkanes of at least 4 members (excludes halogenated alkanes) is 12. The predicted molar refractivity (Wildman–Crippen MR) is 102 cm³/mol. The molecule has 0 aromatic carbocycles. The van der Waals surface area contributed by atoms with Crippen LogP contribution in [0.1, 0.15) is 102 Å². The van der Waals surface area contributed by atoms with Crippen LogP contribution in [0.2, 0.25) is 0 Å². The van der Waals surface area contributed by atoms with Crippen LogP contribution in [0.15, 0.2) is 30.6 Å². The van der Waals surface area contributed by atoms with E-state index in [9.17, 15) is 0 Å². The third-order valence-electron chi connectivity index (χ3n) is 4.61. The lowest BCUT2D eigenvalue weighted by molar-refractivity contribution is -0.703. The summed E-state index contributed by atoms with van der Waals surface area (Å²) in [5.41, 5.74) is 0.115. The third kappa shape index (κ3) is 11.6. The van der Waals surface area contributed by atoms with E-state index in [0.29, 0.717) is 0 Å². The lowest BCUT2D eigenvalue weighted by atomic mass is 10.0. The zero-order valence-corrected chi connectivity index (χ0v) is 15.9. The van der Waals surface area contributed by atoms with Crippen LogP contribution in [0.4, 0.5) is 0 Å². The number of hydrogen-bond acceptors (Lipinski definition) is 0. The second kappa shape index (κ2) is 15.0. The fraction of sp³-hybridized carbons (Fsp3) is 0.762. The summed E-state index contributed by atoms with van der Waals surface area (Å²) in [6.07, 6.45) is 23.4. The first-order valence-corrected chi connectivity index (χ1v) is 10.4. The molecule has 0 radical (unpaired) electrons. The summed E-state index contributed by atoms with van der Waals surface area (Å²) in [6.45, 7) is 2.29. The predicted octanol–water partition coefficient (Wildman–Crippen LogP) is 7.19. The summed E-state index contributed by atoms with van der Waals surface area (Å²) < 4.78 is 2.10. The molecule has 0 spiro atoms. The van der Waals surface area contributed by atoms with Gasteiger partial charge in [-0.3, -0.25) is 0 Å². The van der Waals surface area contributed by atoms with E-state index < -0.39 is 0 Å². The summed E-state index contributed by atoms with van der Waals surface area (Å²) in [6, 6.07) is 6.11. The Hall–Kier alpha value is -0.560. The van der Waals surface area contributed by atoms with Crippen LogP contribution >= 0.6 is 11.6 Å². The van der Waals surface area contributed by atoms with Crippen LogP contribution in [0.3, 0.4) is 0 Å². The molecular formula is C21H37ClN+. The summed E-state index contributed by atoms with van der Waals surface area (Å²) in [5.74, 6) is 0. The van der Waals surface area contributed by atoms with Gasteiger partial charge in [-0.05, 0) is 18.0 Å². The van der Waals surface area contributed by atoms with E-state index in [0.717, 1.165) is 6.42 Å². The smallest absolute Gasteiger partial charge is 0.188 e. The highest BCUT2D eigenvalue weighted by Crippen LogP contribution is 2.16. The molecule has 0 fully saturated rings. The van der Waals surface area contributed by atoms with E-state index in [2.05, 4.69) is 23.9 Å². The fourth-order valence-corrected chi connectivity index (χ4v) is 3.36. The lowest BCUT2D eigenvalue weighted by Crippen LogP contribution is -2.35. The molecule has 1 unspecified atom stereocenters. The van der Waals surface area contributed by atoms with Crippen LogP contribution in [-0.2, 0) is 0 Å². The van der Waals surface area contributed by atoms with Crippen LogP contribution in [0.25, 0.3) is 0 Å². The van der Waals surface area contributed by atoms with Crippen molar-refractivity contribution in [1.82, 2.24) is 0 Å². The molecule has 0 amide bonds. The van der Waals surface area contributed by atoms with Gasteiger partial charge in [0.15, 0.2) is 12.4 Å². The number of hydrogen-bond donors (Lipinski definition) is 0. The quantitative estimate of drug-likeness (QED) is 0.181. The van der Waals surface area contributed by atoms with Crippen molar-refractivity contribution in [2.75, 3.05) is 0 Å². The van der Waals surface area contributed by atoms with E-state index in [1.807, 2.05) is 18.2 Å². The standard InChI is InChI=1S/C21H37ClN/c1-2-3-4-5-6-7-8-9-10-11-12-13-15-18-21(22)23-19-16-14-17-20-23/h14,16-17,19-21H,2-13,15,18H2,1H3/q+1. The number of nitrogens with zero attached hydrogens (tertiary/aromatic N) is 1. The maximum atomic E-state index is 6.41. The van der Waals surface area contributed by atoms with E-state index in [1.165, 1.54) is 83.5 Å². The number of halogens is 1. The van der Waals surface area contributed by atoms with Crippen molar-refractivity contribution in [3.63, 3.8) is 0 Å². The van der Waals surface area contributed by atoms with Crippen molar-refractivity contribution in [1.29, 1.82) is 0 Å². The van der Waals surface area contributed by atoms with Gasteiger partial charge in [0.2, 0.25) is 5.50 Å². The molecule has 132 valence electrons. The maximum absolute atomic E-state index is 6.41. The zero-order valence-electron chi connectivity index (χ0n) is 15.2. The SMILES string of the molecule is CCCCCCCCCCCCCCCC(Cl)[n+]1ccccc1. The Balaban J connectivity index is 1.81. The monoisotopic (exact) mass is 338 g/mol. The first-order valence-electron chi connectivity index (χ1n) is 9.94. The molecule has 1 rings (SSSR count). The van der Waals surface area contributed by atoms with Crippen molar-refractivity contribution in [2.45, 2.75) is 102 Å². The summed E-state index contributed by atoms with van der Waals surface area (Å²) in [5, 5.41) is 0. The largest absolute Gasteiger partial charge is 0.232 e. The molecule has 1 aromatic heterocycles. The molecule has 0 aliphatic rings. The molecule has 0 bridgehead atoms. The minimum atomic E-state index is 0.115. The Bertz CT molecular complexity index is 352. The highest BCUT2D eigenvalue weighted by atomic mass is 35.5. The third-order valence-corrected chi connectivity index (χ3v) is 5.05. The van der Waals surface area contributed by atoms with Crippen molar-refractivity contribution >= 4 is 11.6 Å². The molecular weight excluding hydrogens is 302 g/mol.